The Labute approximate surface area is 126 Å². The average Bonchev–Trinajstić information content (AvgIpc) is 2.45. The van der Waals surface area contributed by atoms with Crippen LogP contribution in [-0.4, -0.2) is 41.2 Å². The number of piperidine rings is 1. The summed E-state index contributed by atoms with van der Waals surface area (Å²) in [5, 5.41) is 5.88. The van der Waals surface area contributed by atoms with Crippen LogP contribution >= 0.6 is 0 Å². The second kappa shape index (κ2) is 6.74. The van der Waals surface area contributed by atoms with Crippen LogP contribution in [0.1, 0.15) is 33.6 Å². The number of carbonyl (C=O) groups excluding carboxylic acids is 1. The van der Waals surface area contributed by atoms with E-state index in [1.165, 1.54) is 0 Å². The molecule has 1 aliphatic heterocycles. The zero-order valence-electron chi connectivity index (χ0n) is 13.1. The van der Waals surface area contributed by atoms with Crippen LogP contribution in [-0.2, 0) is 0 Å². The number of aromatic nitrogens is 2. The van der Waals surface area contributed by atoms with Crippen molar-refractivity contribution in [3.8, 4) is 0 Å². The minimum Gasteiger partial charge on any atom is -0.341 e. The smallest absolute Gasteiger partial charge is 0.315 e. The van der Waals surface area contributed by atoms with Crippen molar-refractivity contribution in [3.05, 3.63) is 18.5 Å². The molecule has 0 saturated carbocycles. The highest BCUT2D eigenvalue weighted by atomic mass is 16.2. The Kier molecular flexibility index (Phi) is 4.98. The summed E-state index contributed by atoms with van der Waals surface area (Å²) < 4.78 is 0. The van der Waals surface area contributed by atoms with Crippen LogP contribution in [0.4, 0.5) is 10.7 Å². The van der Waals surface area contributed by atoms with Gasteiger partial charge in [-0.15, -0.1) is 0 Å². The second-order valence-electron chi connectivity index (χ2n) is 6.56. The predicted molar refractivity (Wildman–Crippen MR) is 83.3 cm³/mol. The quantitative estimate of drug-likeness (QED) is 0.891. The van der Waals surface area contributed by atoms with Gasteiger partial charge < -0.3 is 15.5 Å². The first kappa shape index (κ1) is 15.5. The molecule has 1 aromatic heterocycles. The largest absolute Gasteiger partial charge is 0.341 e. The molecule has 0 unspecified atom stereocenters. The molecule has 1 aliphatic rings. The molecular weight excluding hydrogens is 266 g/mol. The van der Waals surface area contributed by atoms with E-state index < -0.39 is 0 Å². The lowest BCUT2D eigenvalue weighted by Crippen LogP contribution is -2.48. The van der Waals surface area contributed by atoms with Crippen molar-refractivity contribution < 1.29 is 4.79 Å². The van der Waals surface area contributed by atoms with Crippen molar-refractivity contribution in [2.45, 2.75) is 39.2 Å². The molecule has 1 fully saturated rings. The summed E-state index contributed by atoms with van der Waals surface area (Å²) in [4.78, 5) is 22.5. The molecule has 2 heterocycles. The van der Waals surface area contributed by atoms with E-state index in [1.54, 1.807) is 12.4 Å². The van der Waals surface area contributed by atoms with Crippen LogP contribution < -0.4 is 15.5 Å². The van der Waals surface area contributed by atoms with Gasteiger partial charge in [-0.25, -0.2) is 14.8 Å². The van der Waals surface area contributed by atoms with E-state index in [-0.39, 0.29) is 11.6 Å². The summed E-state index contributed by atoms with van der Waals surface area (Å²) >= 11 is 0. The molecule has 0 aliphatic carbocycles. The first-order valence-corrected chi connectivity index (χ1v) is 7.52. The predicted octanol–water partition coefficient (Wildman–Crippen LogP) is 1.79. The second-order valence-corrected chi connectivity index (χ2v) is 6.56. The topological polar surface area (TPSA) is 70.2 Å². The Hall–Kier alpha value is -1.85. The van der Waals surface area contributed by atoms with Crippen molar-refractivity contribution in [1.29, 1.82) is 0 Å². The van der Waals surface area contributed by atoms with E-state index in [9.17, 15) is 4.79 Å². The van der Waals surface area contributed by atoms with Crippen LogP contribution in [0, 0.1) is 5.92 Å². The van der Waals surface area contributed by atoms with E-state index in [4.69, 9.17) is 0 Å². The van der Waals surface area contributed by atoms with Crippen LogP contribution in [0.15, 0.2) is 18.5 Å². The summed E-state index contributed by atoms with van der Waals surface area (Å²) in [6.45, 7) is 8.54. The molecule has 1 saturated heterocycles. The number of nitrogens with one attached hydrogen (secondary N) is 2. The van der Waals surface area contributed by atoms with Crippen LogP contribution in [0.3, 0.4) is 0 Å². The normalized spacial score (nSPS) is 16.6. The molecule has 2 N–H and O–H groups in total. The molecule has 6 nitrogen and oxygen atoms in total. The SMILES string of the molecule is CC(C)(C)NC(=O)NCC1CCN(c2ncccn2)CC1. The maximum absolute atomic E-state index is 11.7. The van der Waals surface area contributed by atoms with E-state index in [0.29, 0.717) is 5.92 Å². The van der Waals surface area contributed by atoms with Crippen molar-refractivity contribution in [2.24, 2.45) is 5.92 Å². The number of urea groups is 1. The molecule has 2 rings (SSSR count). The molecule has 1 aromatic rings. The van der Waals surface area contributed by atoms with Gasteiger partial charge in [0.25, 0.3) is 0 Å². The number of amides is 2. The van der Waals surface area contributed by atoms with Crippen molar-refractivity contribution in [1.82, 2.24) is 20.6 Å². The number of nitrogens with zero attached hydrogens (tertiary/aromatic N) is 3. The first-order chi connectivity index (χ1) is 9.94. The third-order valence-corrected chi connectivity index (χ3v) is 3.49. The summed E-state index contributed by atoms with van der Waals surface area (Å²) in [5.74, 6) is 1.32. The molecule has 21 heavy (non-hydrogen) atoms. The molecule has 0 atom stereocenters. The van der Waals surface area contributed by atoms with Gasteiger partial charge in [-0.3, -0.25) is 0 Å². The van der Waals surface area contributed by atoms with Gasteiger partial charge in [-0.05, 0) is 45.6 Å². The number of anilines is 1. The zero-order chi connectivity index (χ0) is 15.3. The van der Waals surface area contributed by atoms with Gasteiger partial charge in [0.15, 0.2) is 0 Å². The molecule has 0 bridgehead atoms. The lowest BCUT2D eigenvalue weighted by Gasteiger charge is -2.32. The van der Waals surface area contributed by atoms with Crippen molar-refractivity contribution >= 4 is 12.0 Å². The van der Waals surface area contributed by atoms with Crippen LogP contribution in [0.5, 0.6) is 0 Å². The highest BCUT2D eigenvalue weighted by Crippen LogP contribution is 2.19. The van der Waals surface area contributed by atoms with Gasteiger partial charge in [0.2, 0.25) is 5.95 Å². The number of hydrogen-bond donors (Lipinski definition) is 2. The minimum absolute atomic E-state index is 0.0867. The van der Waals surface area contributed by atoms with E-state index in [2.05, 4.69) is 25.5 Å². The van der Waals surface area contributed by atoms with E-state index >= 15 is 0 Å². The first-order valence-electron chi connectivity index (χ1n) is 7.52. The number of carbonyl (C=O) groups is 1. The van der Waals surface area contributed by atoms with Gasteiger partial charge in [0.05, 0.1) is 0 Å². The molecular formula is C15H25N5O. The lowest BCUT2D eigenvalue weighted by atomic mass is 9.97. The van der Waals surface area contributed by atoms with Gasteiger partial charge in [-0.1, -0.05) is 0 Å². The Morgan fingerprint density at radius 3 is 2.48 bits per heavy atom. The van der Waals surface area contributed by atoms with Gasteiger partial charge in [0, 0.05) is 37.6 Å². The van der Waals surface area contributed by atoms with Gasteiger partial charge in [0.1, 0.15) is 0 Å². The van der Waals surface area contributed by atoms with Crippen molar-refractivity contribution in [3.63, 3.8) is 0 Å². The van der Waals surface area contributed by atoms with Crippen LogP contribution in [0.2, 0.25) is 0 Å². The number of hydrogen-bond acceptors (Lipinski definition) is 4. The number of rotatable bonds is 3. The summed E-state index contributed by atoms with van der Waals surface area (Å²) in [6, 6.07) is 1.74. The average molecular weight is 291 g/mol. The molecule has 0 aromatic carbocycles. The zero-order valence-corrected chi connectivity index (χ0v) is 13.1. The molecule has 6 heteroatoms. The van der Waals surface area contributed by atoms with Crippen molar-refractivity contribution in [2.75, 3.05) is 24.5 Å². The molecule has 0 spiro atoms. The summed E-state index contributed by atoms with van der Waals surface area (Å²) in [5.41, 5.74) is -0.196. The summed E-state index contributed by atoms with van der Waals surface area (Å²) in [6.07, 6.45) is 5.64. The lowest BCUT2D eigenvalue weighted by molar-refractivity contribution is 0.228. The Balaban J connectivity index is 1.71. The fraction of sp³-hybridized carbons (Fsp3) is 0.667. The highest BCUT2D eigenvalue weighted by Gasteiger charge is 2.21. The Morgan fingerprint density at radius 1 is 1.29 bits per heavy atom. The Morgan fingerprint density at radius 2 is 1.90 bits per heavy atom. The maximum Gasteiger partial charge on any atom is 0.315 e. The fourth-order valence-electron chi connectivity index (χ4n) is 2.41. The van der Waals surface area contributed by atoms with E-state index in [0.717, 1.165) is 38.4 Å². The van der Waals surface area contributed by atoms with Crippen LogP contribution in [0.25, 0.3) is 0 Å². The summed E-state index contributed by atoms with van der Waals surface area (Å²) in [7, 11) is 0. The highest BCUT2D eigenvalue weighted by molar-refractivity contribution is 5.74. The molecule has 116 valence electrons. The maximum atomic E-state index is 11.7. The standard InChI is InChI=1S/C15H25N5O/c1-15(2,3)19-14(21)18-11-12-5-9-20(10-6-12)13-16-7-4-8-17-13/h4,7-8,12H,5-6,9-11H2,1-3H3,(H2,18,19,21). The third kappa shape index (κ3) is 5.21. The third-order valence-electron chi connectivity index (χ3n) is 3.49. The molecule has 0 radical (unpaired) electrons. The minimum atomic E-state index is -0.196. The Bertz CT molecular complexity index is 449. The van der Waals surface area contributed by atoms with E-state index in [1.807, 2.05) is 26.8 Å². The van der Waals surface area contributed by atoms with Gasteiger partial charge in [-0.2, -0.15) is 0 Å². The fourth-order valence-corrected chi connectivity index (χ4v) is 2.41. The van der Waals surface area contributed by atoms with Gasteiger partial charge >= 0.3 is 6.03 Å². The monoisotopic (exact) mass is 291 g/mol. The molecule has 2 amide bonds.